The van der Waals surface area contributed by atoms with Crippen molar-refractivity contribution in [2.45, 2.75) is 65.6 Å². The van der Waals surface area contributed by atoms with Crippen LogP contribution in [0.2, 0.25) is 0 Å². The third-order valence-corrected chi connectivity index (χ3v) is 5.08. The molecule has 0 spiro atoms. The molecule has 0 fully saturated rings. The fraction of sp³-hybridized carbons (Fsp3) is 0.440. The molecule has 0 saturated carbocycles. The lowest BCUT2D eigenvalue weighted by Crippen LogP contribution is -2.37. The lowest BCUT2D eigenvalue weighted by Gasteiger charge is -2.34. The van der Waals surface area contributed by atoms with Crippen molar-refractivity contribution >= 4 is 5.69 Å². The molecule has 1 unspecified atom stereocenters. The van der Waals surface area contributed by atoms with E-state index in [2.05, 4.69) is 76.4 Å². The molecule has 2 rings (SSSR count). The Labute approximate surface area is 170 Å². The van der Waals surface area contributed by atoms with E-state index in [-0.39, 0.29) is 12.5 Å². The van der Waals surface area contributed by atoms with Crippen molar-refractivity contribution in [1.29, 1.82) is 0 Å². The van der Waals surface area contributed by atoms with Crippen LogP contribution in [0.5, 0.6) is 5.75 Å². The van der Waals surface area contributed by atoms with Gasteiger partial charge in [0.2, 0.25) is 0 Å². The molecule has 28 heavy (non-hydrogen) atoms. The SMILES string of the molecule is C=CCOc1ccc(CO)cc1C(CC)c1cccc(N(C(C)C)C(C)C)c1. The lowest BCUT2D eigenvalue weighted by molar-refractivity contribution is 0.281. The van der Waals surface area contributed by atoms with Crippen molar-refractivity contribution in [3.8, 4) is 5.75 Å². The van der Waals surface area contributed by atoms with Crippen LogP contribution < -0.4 is 9.64 Å². The van der Waals surface area contributed by atoms with Gasteiger partial charge in [-0.1, -0.05) is 37.8 Å². The Balaban J connectivity index is 2.51. The highest BCUT2D eigenvalue weighted by Gasteiger charge is 2.20. The van der Waals surface area contributed by atoms with Crippen molar-refractivity contribution in [1.82, 2.24) is 0 Å². The van der Waals surface area contributed by atoms with Crippen LogP contribution in [-0.4, -0.2) is 23.8 Å². The van der Waals surface area contributed by atoms with E-state index >= 15 is 0 Å². The fourth-order valence-corrected chi connectivity index (χ4v) is 3.98. The number of hydrogen-bond donors (Lipinski definition) is 1. The molecule has 0 radical (unpaired) electrons. The Hall–Kier alpha value is -2.26. The smallest absolute Gasteiger partial charge is 0.123 e. The van der Waals surface area contributed by atoms with Gasteiger partial charge in [0.15, 0.2) is 0 Å². The van der Waals surface area contributed by atoms with E-state index in [4.69, 9.17) is 4.74 Å². The van der Waals surface area contributed by atoms with Crippen LogP contribution in [0.25, 0.3) is 0 Å². The summed E-state index contributed by atoms with van der Waals surface area (Å²) in [5, 5.41) is 9.63. The summed E-state index contributed by atoms with van der Waals surface area (Å²) in [5.74, 6) is 1.06. The molecular weight excluding hydrogens is 346 g/mol. The molecule has 0 aliphatic heterocycles. The maximum Gasteiger partial charge on any atom is 0.123 e. The van der Waals surface area contributed by atoms with E-state index in [1.54, 1.807) is 6.08 Å². The summed E-state index contributed by atoms with van der Waals surface area (Å²) < 4.78 is 5.93. The van der Waals surface area contributed by atoms with Crippen molar-refractivity contribution in [3.05, 3.63) is 71.8 Å². The molecule has 0 aliphatic carbocycles. The fourth-order valence-electron chi connectivity index (χ4n) is 3.98. The molecule has 0 saturated heterocycles. The van der Waals surface area contributed by atoms with Gasteiger partial charge in [0.1, 0.15) is 12.4 Å². The standard InChI is InChI=1S/C25H35NO2/c1-7-14-28-25-13-12-20(17-27)15-24(25)23(8-2)21-10-9-11-22(16-21)26(18(3)4)19(5)6/h7,9-13,15-16,18-19,23,27H,1,8,14,17H2,2-6H3. The Kier molecular flexibility index (Phi) is 8.13. The van der Waals surface area contributed by atoms with E-state index in [1.165, 1.54) is 11.3 Å². The van der Waals surface area contributed by atoms with E-state index < -0.39 is 0 Å². The molecule has 152 valence electrons. The van der Waals surface area contributed by atoms with Crippen LogP contribution in [-0.2, 0) is 6.61 Å². The van der Waals surface area contributed by atoms with Gasteiger partial charge in [-0.2, -0.15) is 0 Å². The molecule has 2 aromatic rings. The molecule has 3 heteroatoms. The normalized spacial score (nSPS) is 12.3. The average Bonchev–Trinajstić information content (AvgIpc) is 2.67. The van der Waals surface area contributed by atoms with E-state index in [0.717, 1.165) is 23.3 Å². The number of ether oxygens (including phenoxy) is 1. The number of rotatable bonds is 10. The third kappa shape index (κ3) is 5.17. The molecule has 1 atom stereocenters. The van der Waals surface area contributed by atoms with E-state index in [0.29, 0.717) is 18.7 Å². The Morgan fingerprint density at radius 2 is 1.79 bits per heavy atom. The second kappa shape index (κ2) is 10.3. The summed E-state index contributed by atoms with van der Waals surface area (Å²) in [7, 11) is 0. The number of nitrogens with zero attached hydrogens (tertiary/aromatic N) is 1. The van der Waals surface area contributed by atoms with Gasteiger partial charge in [-0.05, 0) is 69.5 Å². The summed E-state index contributed by atoms with van der Waals surface area (Å²) >= 11 is 0. The van der Waals surface area contributed by atoms with E-state index in [9.17, 15) is 5.11 Å². The lowest BCUT2D eigenvalue weighted by atomic mass is 9.87. The van der Waals surface area contributed by atoms with Gasteiger partial charge >= 0.3 is 0 Å². The number of hydrogen-bond acceptors (Lipinski definition) is 3. The first-order valence-electron chi connectivity index (χ1n) is 10.3. The molecule has 0 bridgehead atoms. The highest BCUT2D eigenvalue weighted by molar-refractivity contribution is 5.53. The topological polar surface area (TPSA) is 32.7 Å². The maximum atomic E-state index is 9.63. The minimum absolute atomic E-state index is 0.0275. The molecule has 3 nitrogen and oxygen atoms in total. The van der Waals surface area contributed by atoms with Crippen molar-refractivity contribution in [2.24, 2.45) is 0 Å². The molecule has 2 aromatic carbocycles. The maximum absolute atomic E-state index is 9.63. The first kappa shape index (κ1) is 22.0. The first-order valence-corrected chi connectivity index (χ1v) is 10.3. The van der Waals surface area contributed by atoms with Gasteiger partial charge in [0.25, 0.3) is 0 Å². The molecule has 1 N–H and O–H groups in total. The minimum atomic E-state index is 0.0275. The summed E-state index contributed by atoms with van der Waals surface area (Å²) in [6.45, 7) is 15.4. The van der Waals surface area contributed by atoms with Crippen LogP contribution in [0.3, 0.4) is 0 Å². The van der Waals surface area contributed by atoms with Gasteiger partial charge in [-0.3, -0.25) is 0 Å². The van der Waals surface area contributed by atoms with Crippen molar-refractivity contribution in [3.63, 3.8) is 0 Å². The van der Waals surface area contributed by atoms with E-state index in [1.807, 2.05) is 12.1 Å². The van der Waals surface area contributed by atoms with Gasteiger partial charge in [0, 0.05) is 29.3 Å². The van der Waals surface area contributed by atoms with Gasteiger partial charge < -0.3 is 14.7 Å². The van der Waals surface area contributed by atoms with Crippen LogP contribution in [0.15, 0.2) is 55.1 Å². The largest absolute Gasteiger partial charge is 0.489 e. The second-order valence-electron chi connectivity index (χ2n) is 7.78. The number of aliphatic hydroxyl groups is 1. The predicted octanol–water partition coefficient (Wildman–Crippen LogP) is 5.91. The van der Waals surface area contributed by atoms with Gasteiger partial charge in [0.05, 0.1) is 6.61 Å². The summed E-state index contributed by atoms with van der Waals surface area (Å²) in [5.41, 5.74) is 4.54. The van der Waals surface area contributed by atoms with Crippen LogP contribution in [0.1, 0.15) is 63.6 Å². The molecular formula is C25H35NO2. The van der Waals surface area contributed by atoms with Gasteiger partial charge in [-0.25, -0.2) is 0 Å². The summed E-state index contributed by atoms with van der Waals surface area (Å²) in [6, 6.07) is 15.6. The minimum Gasteiger partial charge on any atom is -0.489 e. The summed E-state index contributed by atoms with van der Waals surface area (Å²) in [4.78, 5) is 2.44. The summed E-state index contributed by atoms with van der Waals surface area (Å²) in [6.07, 6.45) is 2.71. The highest BCUT2D eigenvalue weighted by atomic mass is 16.5. The van der Waals surface area contributed by atoms with Crippen molar-refractivity contribution < 1.29 is 9.84 Å². The zero-order chi connectivity index (χ0) is 20.7. The van der Waals surface area contributed by atoms with Crippen LogP contribution >= 0.6 is 0 Å². The van der Waals surface area contributed by atoms with Crippen LogP contribution in [0, 0.1) is 0 Å². The quantitative estimate of drug-likeness (QED) is 0.519. The molecule has 0 aliphatic rings. The molecule has 0 heterocycles. The van der Waals surface area contributed by atoms with Gasteiger partial charge in [-0.15, -0.1) is 0 Å². The Morgan fingerprint density at radius 3 is 2.36 bits per heavy atom. The Bertz CT molecular complexity index is 759. The number of benzene rings is 2. The monoisotopic (exact) mass is 381 g/mol. The molecule has 0 amide bonds. The van der Waals surface area contributed by atoms with Crippen LogP contribution in [0.4, 0.5) is 5.69 Å². The second-order valence-corrected chi connectivity index (χ2v) is 7.78. The number of anilines is 1. The van der Waals surface area contributed by atoms with Crippen molar-refractivity contribution in [2.75, 3.05) is 11.5 Å². The zero-order valence-electron chi connectivity index (χ0n) is 18.0. The Morgan fingerprint density at radius 1 is 1.07 bits per heavy atom. The predicted molar refractivity (Wildman–Crippen MR) is 119 cm³/mol. The number of aliphatic hydroxyl groups excluding tert-OH is 1. The first-order chi connectivity index (χ1) is 13.4. The molecule has 0 aromatic heterocycles. The average molecular weight is 382 g/mol. The third-order valence-electron chi connectivity index (χ3n) is 5.08. The highest BCUT2D eigenvalue weighted by Crippen LogP contribution is 2.37. The zero-order valence-corrected chi connectivity index (χ0v) is 18.0.